The normalized spacial score (nSPS) is 13.7. The van der Waals surface area contributed by atoms with Crippen molar-refractivity contribution in [3.8, 4) is 5.75 Å². The lowest BCUT2D eigenvalue weighted by Gasteiger charge is -2.18. The molecule has 2 N–H and O–H groups in total. The highest BCUT2D eigenvalue weighted by atomic mass is 35.5. The summed E-state index contributed by atoms with van der Waals surface area (Å²) >= 11 is 5.92. The first kappa shape index (κ1) is 15.8. The quantitative estimate of drug-likeness (QED) is 0.843. The number of carbonyl (C=O) groups excluding carboxylic acids is 1. The summed E-state index contributed by atoms with van der Waals surface area (Å²) in [4.78, 5) is 11.8. The molecule has 0 fully saturated rings. The highest BCUT2D eigenvalue weighted by molar-refractivity contribution is 6.31. The second kappa shape index (κ2) is 7.36. The summed E-state index contributed by atoms with van der Waals surface area (Å²) in [5, 5.41) is 12.2. The van der Waals surface area contributed by atoms with Gasteiger partial charge >= 0.3 is 0 Å². The van der Waals surface area contributed by atoms with Gasteiger partial charge in [-0.3, -0.25) is 4.79 Å². The van der Waals surface area contributed by atoms with E-state index in [2.05, 4.69) is 5.32 Å². The van der Waals surface area contributed by atoms with Gasteiger partial charge in [-0.15, -0.1) is 0 Å². The van der Waals surface area contributed by atoms with Gasteiger partial charge in [-0.25, -0.2) is 0 Å². The van der Waals surface area contributed by atoms with E-state index in [4.69, 9.17) is 21.4 Å². The van der Waals surface area contributed by atoms with Crippen LogP contribution in [0, 0.1) is 6.92 Å². The fourth-order valence-corrected chi connectivity index (χ4v) is 1.69. The summed E-state index contributed by atoms with van der Waals surface area (Å²) in [7, 11) is 0. The van der Waals surface area contributed by atoms with Crippen LogP contribution in [0.3, 0.4) is 0 Å². The lowest BCUT2D eigenvalue weighted by molar-refractivity contribution is -0.127. The Labute approximate surface area is 118 Å². The predicted octanol–water partition coefficient (Wildman–Crippen LogP) is 2.30. The van der Waals surface area contributed by atoms with Crippen molar-refractivity contribution in [2.45, 2.75) is 39.3 Å². The highest BCUT2D eigenvalue weighted by Gasteiger charge is 2.16. The Balaban J connectivity index is 2.56. The third-order valence-electron chi connectivity index (χ3n) is 2.76. The molecule has 1 aromatic rings. The maximum atomic E-state index is 11.8. The van der Waals surface area contributed by atoms with Gasteiger partial charge in [0.2, 0.25) is 0 Å². The molecule has 0 saturated carbocycles. The molecule has 5 heteroatoms. The molecule has 0 aromatic heterocycles. The fourth-order valence-electron chi connectivity index (χ4n) is 1.57. The molecule has 0 saturated heterocycles. The van der Waals surface area contributed by atoms with Crippen LogP contribution in [0.4, 0.5) is 0 Å². The van der Waals surface area contributed by atoms with E-state index < -0.39 is 6.10 Å². The zero-order valence-electron chi connectivity index (χ0n) is 11.4. The van der Waals surface area contributed by atoms with Gasteiger partial charge in [0, 0.05) is 17.7 Å². The first-order chi connectivity index (χ1) is 8.93. The standard InChI is InChI=1S/C14H20ClNO3/c1-9-8-12(4-5-13(9)15)19-11(3)14(18)16-10(2)6-7-17/h4-5,8,10-11,17H,6-7H2,1-3H3,(H,16,18). The van der Waals surface area contributed by atoms with Crippen molar-refractivity contribution < 1.29 is 14.6 Å². The molecule has 2 atom stereocenters. The fraction of sp³-hybridized carbons (Fsp3) is 0.500. The van der Waals surface area contributed by atoms with Crippen molar-refractivity contribution in [2.24, 2.45) is 0 Å². The second-order valence-corrected chi connectivity index (χ2v) is 5.00. The number of carbonyl (C=O) groups is 1. The molecule has 2 unspecified atom stereocenters. The molecule has 1 amide bonds. The lowest BCUT2D eigenvalue weighted by atomic mass is 10.2. The Morgan fingerprint density at radius 2 is 2.16 bits per heavy atom. The maximum absolute atomic E-state index is 11.8. The van der Waals surface area contributed by atoms with Crippen molar-refractivity contribution in [3.63, 3.8) is 0 Å². The van der Waals surface area contributed by atoms with Gasteiger partial charge in [0.15, 0.2) is 6.10 Å². The van der Waals surface area contributed by atoms with Gasteiger partial charge in [0.05, 0.1) is 0 Å². The van der Waals surface area contributed by atoms with E-state index >= 15 is 0 Å². The predicted molar refractivity (Wildman–Crippen MR) is 75.6 cm³/mol. The van der Waals surface area contributed by atoms with E-state index in [0.717, 1.165) is 5.56 Å². The Hall–Kier alpha value is -1.26. The minimum absolute atomic E-state index is 0.0487. The van der Waals surface area contributed by atoms with Gasteiger partial charge in [-0.1, -0.05) is 11.6 Å². The van der Waals surface area contributed by atoms with E-state index in [1.807, 2.05) is 13.8 Å². The largest absolute Gasteiger partial charge is 0.481 e. The van der Waals surface area contributed by atoms with E-state index in [1.165, 1.54) is 0 Å². The molecule has 0 aliphatic carbocycles. The summed E-state index contributed by atoms with van der Waals surface area (Å²) < 4.78 is 5.56. The maximum Gasteiger partial charge on any atom is 0.260 e. The molecule has 1 rings (SSSR count). The Morgan fingerprint density at radius 3 is 2.74 bits per heavy atom. The molecule has 0 aliphatic heterocycles. The van der Waals surface area contributed by atoms with Gasteiger partial charge in [-0.05, 0) is 51.0 Å². The van der Waals surface area contributed by atoms with Crippen molar-refractivity contribution in [1.29, 1.82) is 0 Å². The monoisotopic (exact) mass is 285 g/mol. The van der Waals surface area contributed by atoms with Crippen LogP contribution < -0.4 is 10.1 Å². The molecule has 0 bridgehead atoms. The summed E-state index contributed by atoms with van der Waals surface area (Å²) in [5.74, 6) is 0.410. The van der Waals surface area contributed by atoms with Crippen molar-refractivity contribution in [1.82, 2.24) is 5.32 Å². The van der Waals surface area contributed by atoms with Crippen LogP contribution in [0.1, 0.15) is 25.8 Å². The average Bonchev–Trinajstić information content (AvgIpc) is 2.34. The Morgan fingerprint density at radius 1 is 1.47 bits per heavy atom. The van der Waals surface area contributed by atoms with E-state index in [1.54, 1.807) is 25.1 Å². The summed E-state index contributed by atoms with van der Waals surface area (Å²) in [6.07, 6.45) is -0.0693. The van der Waals surface area contributed by atoms with Crippen molar-refractivity contribution in [2.75, 3.05) is 6.61 Å². The molecule has 106 valence electrons. The molecule has 0 radical (unpaired) electrons. The summed E-state index contributed by atoms with van der Waals surface area (Å²) in [6.45, 7) is 5.45. The van der Waals surface area contributed by atoms with Gasteiger partial charge in [-0.2, -0.15) is 0 Å². The number of nitrogens with one attached hydrogen (secondary N) is 1. The van der Waals surface area contributed by atoms with Crippen LogP contribution in [0.2, 0.25) is 5.02 Å². The van der Waals surface area contributed by atoms with Crippen molar-refractivity contribution in [3.05, 3.63) is 28.8 Å². The molecule has 0 heterocycles. The minimum Gasteiger partial charge on any atom is -0.481 e. The average molecular weight is 286 g/mol. The molecule has 4 nitrogen and oxygen atoms in total. The SMILES string of the molecule is Cc1cc(OC(C)C(=O)NC(C)CCO)ccc1Cl. The summed E-state index contributed by atoms with van der Waals surface area (Å²) in [5.41, 5.74) is 0.903. The number of halogens is 1. The van der Waals surface area contributed by atoms with Crippen LogP contribution >= 0.6 is 11.6 Å². The lowest BCUT2D eigenvalue weighted by Crippen LogP contribution is -2.41. The number of ether oxygens (including phenoxy) is 1. The molecular weight excluding hydrogens is 266 g/mol. The number of benzene rings is 1. The number of amides is 1. The Kier molecular flexibility index (Phi) is 6.12. The minimum atomic E-state index is -0.596. The first-order valence-corrected chi connectivity index (χ1v) is 6.66. The third kappa shape index (κ3) is 5.09. The highest BCUT2D eigenvalue weighted by Crippen LogP contribution is 2.21. The number of hydrogen-bond donors (Lipinski definition) is 2. The van der Waals surface area contributed by atoms with E-state index in [0.29, 0.717) is 17.2 Å². The molecule has 0 aliphatic rings. The molecular formula is C14H20ClNO3. The van der Waals surface area contributed by atoms with Crippen molar-refractivity contribution >= 4 is 17.5 Å². The van der Waals surface area contributed by atoms with Gasteiger partial charge < -0.3 is 15.2 Å². The van der Waals surface area contributed by atoms with Crippen LogP contribution in [0.5, 0.6) is 5.75 Å². The summed E-state index contributed by atoms with van der Waals surface area (Å²) in [6, 6.07) is 5.20. The zero-order valence-corrected chi connectivity index (χ0v) is 12.2. The smallest absolute Gasteiger partial charge is 0.260 e. The van der Waals surface area contributed by atoms with E-state index in [-0.39, 0.29) is 18.6 Å². The van der Waals surface area contributed by atoms with E-state index in [9.17, 15) is 4.79 Å². The Bertz CT molecular complexity index is 437. The first-order valence-electron chi connectivity index (χ1n) is 6.28. The van der Waals surface area contributed by atoms with Crippen LogP contribution in [-0.4, -0.2) is 29.8 Å². The van der Waals surface area contributed by atoms with Crippen LogP contribution in [0.25, 0.3) is 0 Å². The van der Waals surface area contributed by atoms with Crippen LogP contribution in [0.15, 0.2) is 18.2 Å². The number of aryl methyl sites for hydroxylation is 1. The molecule has 0 spiro atoms. The molecule has 19 heavy (non-hydrogen) atoms. The molecule has 1 aromatic carbocycles. The zero-order chi connectivity index (χ0) is 14.4. The van der Waals surface area contributed by atoms with Gasteiger partial charge in [0.25, 0.3) is 5.91 Å². The number of rotatable bonds is 6. The second-order valence-electron chi connectivity index (χ2n) is 4.59. The van der Waals surface area contributed by atoms with Gasteiger partial charge in [0.1, 0.15) is 5.75 Å². The van der Waals surface area contributed by atoms with Crippen LogP contribution in [-0.2, 0) is 4.79 Å². The third-order valence-corrected chi connectivity index (χ3v) is 3.19. The number of hydrogen-bond acceptors (Lipinski definition) is 3. The topological polar surface area (TPSA) is 58.6 Å². The number of aliphatic hydroxyl groups excluding tert-OH is 1. The number of aliphatic hydroxyl groups is 1.